The van der Waals surface area contributed by atoms with E-state index >= 15 is 0 Å². The Morgan fingerprint density at radius 2 is 2.00 bits per heavy atom. The second-order valence-corrected chi connectivity index (χ2v) is 6.94. The first-order chi connectivity index (χ1) is 11.3. The summed E-state index contributed by atoms with van der Waals surface area (Å²) in [5.41, 5.74) is 2.29. The molecule has 2 aliphatic rings. The Hall–Kier alpha value is -1.36. The van der Waals surface area contributed by atoms with Crippen LogP contribution >= 0.6 is 11.6 Å². The minimum atomic E-state index is 0.211. The lowest BCUT2D eigenvalue weighted by Crippen LogP contribution is -2.39. The summed E-state index contributed by atoms with van der Waals surface area (Å²) < 4.78 is 8.25. The van der Waals surface area contributed by atoms with E-state index in [0.717, 1.165) is 35.2 Å². The molecule has 1 fully saturated rings. The Bertz CT molecular complexity index is 661. The summed E-state index contributed by atoms with van der Waals surface area (Å²) in [5, 5.41) is 4.42. The number of hydrogen-bond donors (Lipinski definition) is 1. The summed E-state index contributed by atoms with van der Waals surface area (Å²) in [6, 6.07) is 8.63. The standard InChI is InChI=1S/C18H22ClN3O/c19-14-7-5-13(6-8-14)17-10-21-18-12-23-16(11-22(17)18)9-20-15-3-1-2-4-15/h5-8,10,15-16,20H,1-4,9,11-12H2/t16-/m0/s1. The van der Waals surface area contributed by atoms with E-state index in [9.17, 15) is 0 Å². The number of ether oxygens (including phenoxy) is 1. The maximum atomic E-state index is 5.99. The molecule has 0 spiro atoms. The van der Waals surface area contributed by atoms with Crippen molar-refractivity contribution in [2.45, 2.75) is 51.0 Å². The van der Waals surface area contributed by atoms with Crippen LogP contribution in [-0.2, 0) is 17.9 Å². The van der Waals surface area contributed by atoms with Crippen LogP contribution in [0.1, 0.15) is 31.5 Å². The fraction of sp³-hybridized carbons (Fsp3) is 0.500. The highest BCUT2D eigenvalue weighted by molar-refractivity contribution is 6.30. The highest BCUT2D eigenvalue weighted by Crippen LogP contribution is 2.26. The molecule has 1 N–H and O–H groups in total. The Kier molecular flexibility index (Phi) is 4.38. The molecular weight excluding hydrogens is 310 g/mol. The van der Waals surface area contributed by atoms with Gasteiger partial charge in [0.2, 0.25) is 0 Å². The van der Waals surface area contributed by atoms with E-state index in [2.05, 4.69) is 14.9 Å². The molecule has 122 valence electrons. The number of nitrogens with zero attached hydrogens (tertiary/aromatic N) is 2. The molecule has 4 nitrogen and oxygen atoms in total. The van der Waals surface area contributed by atoms with Gasteiger partial charge in [-0.15, -0.1) is 0 Å². The van der Waals surface area contributed by atoms with Gasteiger partial charge >= 0.3 is 0 Å². The predicted octanol–water partition coefficient (Wildman–Crippen LogP) is 3.63. The third kappa shape index (κ3) is 3.30. The highest BCUT2D eigenvalue weighted by atomic mass is 35.5. The number of benzene rings is 1. The van der Waals surface area contributed by atoms with Gasteiger partial charge in [-0.05, 0) is 30.5 Å². The molecule has 0 saturated heterocycles. The maximum Gasteiger partial charge on any atom is 0.135 e. The molecule has 1 aliphatic heterocycles. The van der Waals surface area contributed by atoms with Crippen molar-refractivity contribution >= 4 is 11.6 Å². The molecule has 2 heterocycles. The average Bonchev–Trinajstić information content (AvgIpc) is 3.23. The number of imidazole rings is 1. The number of aromatic nitrogens is 2. The third-order valence-electron chi connectivity index (χ3n) is 4.90. The van der Waals surface area contributed by atoms with Crippen LogP contribution in [-0.4, -0.2) is 28.2 Å². The van der Waals surface area contributed by atoms with Gasteiger partial charge in [-0.1, -0.05) is 36.6 Å². The summed E-state index contributed by atoms with van der Waals surface area (Å²) in [6.45, 7) is 2.36. The third-order valence-corrected chi connectivity index (χ3v) is 5.15. The molecule has 1 aromatic heterocycles. The lowest BCUT2D eigenvalue weighted by Gasteiger charge is -2.27. The molecule has 1 saturated carbocycles. The van der Waals surface area contributed by atoms with Crippen molar-refractivity contribution in [2.24, 2.45) is 0 Å². The first kappa shape index (κ1) is 15.2. The highest BCUT2D eigenvalue weighted by Gasteiger charge is 2.24. The Balaban J connectivity index is 1.47. The number of fused-ring (bicyclic) bond motifs is 1. The van der Waals surface area contributed by atoms with E-state index < -0.39 is 0 Å². The molecule has 0 unspecified atom stereocenters. The number of hydrogen-bond acceptors (Lipinski definition) is 3. The summed E-state index contributed by atoms with van der Waals surface area (Å²) in [5.74, 6) is 1.01. The van der Waals surface area contributed by atoms with E-state index in [-0.39, 0.29) is 6.10 Å². The minimum absolute atomic E-state index is 0.211. The normalized spacial score (nSPS) is 21.5. The Morgan fingerprint density at radius 1 is 1.22 bits per heavy atom. The molecule has 2 aromatic rings. The van der Waals surface area contributed by atoms with E-state index in [0.29, 0.717) is 12.6 Å². The number of halogens is 1. The fourth-order valence-corrected chi connectivity index (χ4v) is 3.71. The topological polar surface area (TPSA) is 39.1 Å². The van der Waals surface area contributed by atoms with Crippen molar-refractivity contribution in [1.29, 1.82) is 0 Å². The van der Waals surface area contributed by atoms with Gasteiger partial charge in [0.1, 0.15) is 12.4 Å². The first-order valence-electron chi connectivity index (χ1n) is 8.45. The molecule has 0 bridgehead atoms. The molecule has 0 radical (unpaired) electrons. The molecule has 23 heavy (non-hydrogen) atoms. The van der Waals surface area contributed by atoms with Crippen molar-refractivity contribution in [2.75, 3.05) is 6.54 Å². The summed E-state index contributed by atoms with van der Waals surface area (Å²) in [6.07, 6.45) is 7.47. The van der Waals surface area contributed by atoms with E-state index in [1.807, 2.05) is 30.5 Å². The fourth-order valence-electron chi connectivity index (χ4n) is 3.58. The second kappa shape index (κ2) is 6.63. The number of rotatable bonds is 4. The monoisotopic (exact) mass is 331 g/mol. The zero-order valence-electron chi connectivity index (χ0n) is 13.2. The average molecular weight is 332 g/mol. The van der Waals surface area contributed by atoms with Gasteiger partial charge in [-0.2, -0.15) is 0 Å². The maximum absolute atomic E-state index is 5.99. The predicted molar refractivity (Wildman–Crippen MR) is 91.5 cm³/mol. The smallest absolute Gasteiger partial charge is 0.135 e. The van der Waals surface area contributed by atoms with Crippen molar-refractivity contribution in [3.63, 3.8) is 0 Å². The summed E-state index contributed by atoms with van der Waals surface area (Å²) in [7, 11) is 0. The van der Waals surface area contributed by atoms with Gasteiger partial charge in [0.15, 0.2) is 0 Å². The van der Waals surface area contributed by atoms with Gasteiger partial charge in [-0.25, -0.2) is 4.98 Å². The van der Waals surface area contributed by atoms with Gasteiger partial charge in [-0.3, -0.25) is 0 Å². The van der Waals surface area contributed by atoms with Gasteiger partial charge < -0.3 is 14.6 Å². The SMILES string of the molecule is Clc1ccc(-c2cnc3n2C[C@H](CNC2CCCC2)OC3)cc1. The molecule has 1 atom stereocenters. The Labute approximate surface area is 141 Å². The van der Waals surface area contributed by atoms with Gasteiger partial charge in [0.05, 0.1) is 24.5 Å². The number of nitrogens with one attached hydrogen (secondary N) is 1. The van der Waals surface area contributed by atoms with Crippen LogP contribution in [0.15, 0.2) is 30.5 Å². The first-order valence-corrected chi connectivity index (χ1v) is 8.83. The van der Waals surface area contributed by atoms with Crippen molar-refractivity contribution < 1.29 is 4.74 Å². The van der Waals surface area contributed by atoms with Crippen LogP contribution in [0.2, 0.25) is 5.02 Å². The molecule has 4 rings (SSSR count). The van der Waals surface area contributed by atoms with Crippen LogP contribution in [0, 0.1) is 0 Å². The quantitative estimate of drug-likeness (QED) is 0.929. The second-order valence-electron chi connectivity index (χ2n) is 6.50. The van der Waals surface area contributed by atoms with Crippen LogP contribution < -0.4 is 5.32 Å². The molecule has 5 heteroatoms. The van der Waals surface area contributed by atoms with Crippen LogP contribution in [0.25, 0.3) is 11.3 Å². The van der Waals surface area contributed by atoms with E-state index in [1.54, 1.807) is 0 Å². The minimum Gasteiger partial charge on any atom is -0.367 e. The zero-order chi connectivity index (χ0) is 15.6. The van der Waals surface area contributed by atoms with Crippen LogP contribution in [0.4, 0.5) is 0 Å². The summed E-state index contributed by atoms with van der Waals surface area (Å²) in [4.78, 5) is 4.51. The van der Waals surface area contributed by atoms with E-state index in [1.165, 1.54) is 25.7 Å². The van der Waals surface area contributed by atoms with E-state index in [4.69, 9.17) is 16.3 Å². The molecule has 0 amide bonds. The van der Waals surface area contributed by atoms with Gasteiger partial charge in [0, 0.05) is 17.6 Å². The largest absolute Gasteiger partial charge is 0.367 e. The zero-order valence-corrected chi connectivity index (χ0v) is 13.9. The molecular formula is C18H22ClN3O. The molecule has 1 aromatic carbocycles. The summed E-state index contributed by atoms with van der Waals surface area (Å²) >= 11 is 5.99. The Morgan fingerprint density at radius 3 is 2.78 bits per heavy atom. The van der Waals surface area contributed by atoms with Crippen LogP contribution in [0.5, 0.6) is 0 Å². The molecule has 1 aliphatic carbocycles. The van der Waals surface area contributed by atoms with Gasteiger partial charge in [0.25, 0.3) is 0 Å². The van der Waals surface area contributed by atoms with Crippen molar-refractivity contribution in [1.82, 2.24) is 14.9 Å². The van der Waals surface area contributed by atoms with Crippen LogP contribution in [0.3, 0.4) is 0 Å². The lowest BCUT2D eigenvalue weighted by atomic mass is 10.1. The lowest BCUT2D eigenvalue weighted by molar-refractivity contribution is 0.00206. The van der Waals surface area contributed by atoms with Crippen molar-refractivity contribution in [3.05, 3.63) is 41.3 Å². The van der Waals surface area contributed by atoms with Crippen molar-refractivity contribution in [3.8, 4) is 11.3 Å².